The summed E-state index contributed by atoms with van der Waals surface area (Å²) in [6, 6.07) is 0. The summed E-state index contributed by atoms with van der Waals surface area (Å²) >= 11 is 0. The van der Waals surface area contributed by atoms with Crippen LogP contribution in [0.2, 0.25) is 0 Å². The largest absolute Gasteiger partial charge is 0 e. The molecule has 0 nitrogen and oxygen atoms in total. The van der Waals surface area contributed by atoms with E-state index in [4.69, 9.17) is 0 Å². The molecular formula is CoMnTiZr. The molecule has 0 rings (SSSR count). The van der Waals surface area contributed by atoms with Gasteiger partial charge < -0.3 is 0 Å². The van der Waals surface area contributed by atoms with Gasteiger partial charge in [-0.25, -0.2) is 0 Å². The maximum Gasteiger partial charge on any atom is 0 e. The molecule has 0 aliphatic heterocycles. The SMILES string of the molecule is [Co].[Mn].[Ti].[Zr]. The first-order valence-electron chi connectivity index (χ1n) is 0. The van der Waals surface area contributed by atoms with E-state index in [-0.39, 0.29) is 81.8 Å². The van der Waals surface area contributed by atoms with Crippen LogP contribution in [0.1, 0.15) is 0 Å². The van der Waals surface area contributed by atoms with Crippen molar-refractivity contribution in [2.24, 2.45) is 0 Å². The second kappa shape index (κ2) is 17.5. The Labute approximate surface area is 80.5 Å². The first-order valence-corrected chi connectivity index (χ1v) is 0. The molecule has 0 unspecified atom stereocenters. The summed E-state index contributed by atoms with van der Waals surface area (Å²) in [4.78, 5) is 0. The maximum absolute atomic E-state index is 0. The van der Waals surface area contributed by atoms with Crippen molar-refractivity contribution in [3.8, 4) is 0 Å². The third-order valence-corrected chi connectivity index (χ3v) is 0. The van der Waals surface area contributed by atoms with Crippen molar-refractivity contribution < 1.29 is 81.8 Å². The summed E-state index contributed by atoms with van der Waals surface area (Å²) in [7, 11) is 0. The van der Waals surface area contributed by atoms with Crippen LogP contribution in [-0.2, 0) is 81.8 Å². The molecule has 0 heterocycles. The molecule has 0 fully saturated rings. The molecule has 0 spiro atoms. The van der Waals surface area contributed by atoms with Crippen LogP contribution >= 0.6 is 0 Å². The van der Waals surface area contributed by atoms with Crippen LogP contribution in [0.3, 0.4) is 0 Å². The molecule has 4 heteroatoms. The number of hydrogen-bond donors (Lipinski definition) is 0. The van der Waals surface area contributed by atoms with E-state index in [2.05, 4.69) is 0 Å². The summed E-state index contributed by atoms with van der Waals surface area (Å²) in [6.45, 7) is 0. The Hall–Kier alpha value is 2.62. The second-order valence-electron chi connectivity index (χ2n) is 0. The van der Waals surface area contributed by atoms with E-state index in [9.17, 15) is 0 Å². The second-order valence-corrected chi connectivity index (χ2v) is 0. The van der Waals surface area contributed by atoms with Gasteiger partial charge in [0.25, 0.3) is 0 Å². The monoisotopic (exact) mass is 252 g/mol. The van der Waals surface area contributed by atoms with Crippen LogP contribution in [-0.4, -0.2) is 0 Å². The number of hydrogen-bond acceptors (Lipinski definition) is 0. The summed E-state index contributed by atoms with van der Waals surface area (Å²) in [6.07, 6.45) is 0. The Balaban J connectivity index is 0. The molecule has 0 bridgehead atoms. The summed E-state index contributed by atoms with van der Waals surface area (Å²) in [5.74, 6) is 0. The van der Waals surface area contributed by atoms with Gasteiger partial charge in [-0.2, -0.15) is 0 Å². The van der Waals surface area contributed by atoms with Crippen LogP contribution in [0.5, 0.6) is 0 Å². The Kier molecular flexibility index (Phi) is 133. The van der Waals surface area contributed by atoms with Crippen LogP contribution < -0.4 is 0 Å². The molecule has 24 valence electrons. The molecule has 0 aromatic carbocycles. The molecule has 0 aliphatic rings. The van der Waals surface area contributed by atoms with Crippen molar-refractivity contribution in [2.75, 3.05) is 0 Å². The van der Waals surface area contributed by atoms with E-state index in [1.165, 1.54) is 0 Å². The van der Waals surface area contributed by atoms with Gasteiger partial charge in [0, 0.05) is 81.8 Å². The predicted molar refractivity (Wildman–Crippen MR) is 0 cm³/mol. The van der Waals surface area contributed by atoms with Gasteiger partial charge in [-0.05, 0) is 0 Å². The Bertz CT molecular complexity index is 8.00. The predicted octanol–water partition coefficient (Wildman–Crippen LogP) is -0.0100. The molecule has 4 heavy (non-hydrogen) atoms. The Morgan fingerprint density at radius 2 is 1.00 bits per heavy atom. The van der Waals surface area contributed by atoms with E-state index in [1.807, 2.05) is 0 Å². The topological polar surface area (TPSA) is 0 Å². The van der Waals surface area contributed by atoms with Gasteiger partial charge >= 0.3 is 0 Å². The number of rotatable bonds is 0. The third kappa shape index (κ3) is 8.82. The van der Waals surface area contributed by atoms with Gasteiger partial charge in [0.15, 0.2) is 0 Å². The van der Waals surface area contributed by atoms with Crippen LogP contribution in [0.4, 0.5) is 0 Å². The molecule has 0 aromatic heterocycles. The van der Waals surface area contributed by atoms with Crippen molar-refractivity contribution in [2.45, 2.75) is 0 Å². The van der Waals surface area contributed by atoms with Crippen molar-refractivity contribution in [1.82, 2.24) is 0 Å². The van der Waals surface area contributed by atoms with Gasteiger partial charge in [0.2, 0.25) is 0 Å². The van der Waals surface area contributed by atoms with E-state index in [1.54, 1.807) is 0 Å². The third-order valence-electron chi connectivity index (χ3n) is 0. The van der Waals surface area contributed by atoms with E-state index >= 15 is 0 Å². The first-order chi connectivity index (χ1) is 0. The minimum Gasteiger partial charge on any atom is 0 e. The Morgan fingerprint density at radius 3 is 1.00 bits per heavy atom. The van der Waals surface area contributed by atoms with Crippen LogP contribution in [0.25, 0.3) is 0 Å². The maximum atomic E-state index is 0. The van der Waals surface area contributed by atoms with E-state index in [0.29, 0.717) is 0 Å². The van der Waals surface area contributed by atoms with E-state index < -0.39 is 0 Å². The van der Waals surface area contributed by atoms with Gasteiger partial charge in [-0.15, -0.1) is 0 Å². The van der Waals surface area contributed by atoms with Gasteiger partial charge in [0.05, 0.1) is 0 Å². The normalized spacial score (nSPS) is 0. The molecule has 0 saturated heterocycles. The van der Waals surface area contributed by atoms with Crippen LogP contribution in [0, 0.1) is 0 Å². The molecule has 0 amide bonds. The zero-order chi connectivity index (χ0) is 0. The minimum absolute atomic E-state index is 0. The average molecular weight is 253 g/mol. The van der Waals surface area contributed by atoms with E-state index in [0.717, 1.165) is 0 Å². The zero-order valence-electron chi connectivity index (χ0n) is 1.71. The van der Waals surface area contributed by atoms with Crippen molar-refractivity contribution >= 4 is 0 Å². The smallest absolute Gasteiger partial charge is 0 e. The first kappa shape index (κ1) is 30.4. The fourth-order valence-corrected chi connectivity index (χ4v) is 0. The van der Waals surface area contributed by atoms with Crippen molar-refractivity contribution in [1.29, 1.82) is 0 Å². The average Bonchev–Trinajstić information content (AvgIpc) is 0. The summed E-state index contributed by atoms with van der Waals surface area (Å²) in [5.41, 5.74) is 0. The van der Waals surface area contributed by atoms with Gasteiger partial charge in [-0.1, -0.05) is 0 Å². The molecule has 2 radical (unpaired) electrons. The molecule has 0 atom stereocenters. The minimum atomic E-state index is 0. The molecule has 0 N–H and O–H groups in total. The van der Waals surface area contributed by atoms with Crippen LogP contribution in [0.15, 0.2) is 0 Å². The quantitative estimate of drug-likeness (QED) is 0.533. The summed E-state index contributed by atoms with van der Waals surface area (Å²) in [5, 5.41) is 0. The van der Waals surface area contributed by atoms with Crippen molar-refractivity contribution in [3.63, 3.8) is 0 Å². The molecular weight excluding hydrogens is 253 g/mol. The van der Waals surface area contributed by atoms with Gasteiger partial charge in [0.1, 0.15) is 0 Å². The molecule has 0 aromatic rings. The fraction of sp³-hybridized carbons (Fsp3) is 0. The summed E-state index contributed by atoms with van der Waals surface area (Å²) < 4.78 is 0. The van der Waals surface area contributed by atoms with Crippen molar-refractivity contribution in [3.05, 3.63) is 0 Å². The standard InChI is InChI=1S/Co.Mn.Ti.Zr. The fourth-order valence-electron chi connectivity index (χ4n) is 0. The zero-order valence-corrected chi connectivity index (χ0v) is 7.95. The Morgan fingerprint density at radius 1 is 1.00 bits per heavy atom. The molecule has 0 aliphatic carbocycles. The van der Waals surface area contributed by atoms with Gasteiger partial charge in [-0.3, -0.25) is 0 Å². The molecule has 0 saturated carbocycles.